The number of hydrogen-bond donors (Lipinski definition) is 3. The van der Waals surface area contributed by atoms with Gasteiger partial charge < -0.3 is 10.4 Å². The van der Waals surface area contributed by atoms with Gasteiger partial charge in [-0.25, -0.2) is 0 Å². The number of aliphatic carboxylic acids is 1. The number of nitrogens with one attached hydrogen (secondary N) is 2. The second-order valence-corrected chi connectivity index (χ2v) is 6.71. The number of anilines is 1. The number of amides is 2. The molecule has 2 fully saturated rings. The third-order valence-corrected chi connectivity index (χ3v) is 4.91. The molecule has 0 radical (unpaired) electrons. The molecule has 2 heterocycles. The summed E-state index contributed by atoms with van der Waals surface area (Å²) < 4.78 is 0. The van der Waals surface area contributed by atoms with Gasteiger partial charge in [0.1, 0.15) is 6.04 Å². The Bertz CT molecular complexity index is 657. The monoisotopic (exact) mass is 381 g/mol. The minimum atomic E-state index is -0.776. The molecule has 1 aromatic rings. The van der Waals surface area contributed by atoms with Crippen LogP contribution in [0.3, 0.4) is 0 Å². The first-order valence-electron chi connectivity index (χ1n) is 8.65. The number of carboxylic acids is 1. The van der Waals surface area contributed by atoms with E-state index in [2.05, 4.69) is 22.8 Å². The van der Waals surface area contributed by atoms with E-state index in [4.69, 9.17) is 5.11 Å². The van der Waals surface area contributed by atoms with Crippen molar-refractivity contribution in [3.63, 3.8) is 0 Å². The van der Waals surface area contributed by atoms with Crippen LogP contribution in [0.1, 0.15) is 37.2 Å². The second-order valence-electron chi connectivity index (χ2n) is 6.71. The van der Waals surface area contributed by atoms with Crippen LogP contribution in [0.2, 0.25) is 0 Å². The fraction of sp³-hybridized carbons (Fsp3) is 0.500. The molecule has 7 nitrogen and oxygen atoms in total. The van der Waals surface area contributed by atoms with Crippen LogP contribution in [0.25, 0.3) is 0 Å². The maximum Gasteiger partial charge on any atom is 0.317 e. The summed E-state index contributed by atoms with van der Waals surface area (Å²) in [7, 11) is 0. The Hall–Kier alpha value is -2.12. The number of imide groups is 1. The smallest absolute Gasteiger partial charge is 0.317 e. The Morgan fingerprint density at radius 3 is 2.38 bits per heavy atom. The van der Waals surface area contributed by atoms with E-state index in [1.807, 2.05) is 17.0 Å². The highest BCUT2D eigenvalue weighted by Gasteiger charge is 2.26. The molecule has 0 aliphatic carbocycles. The summed E-state index contributed by atoms with van der Waals surface area (Å²) in [5, 5.41) is 14.4. The van der Waals surface area contributed by atoms with Gasteiger partial charge in [0.25, 0.3) is 0 Å². The van der Waals surface area contributed by atoms with Crippen molar-refractivity contribution in [2.24, 2.45) is 0 Å². The Morgan fingerprint density at radius 1 is 1.15 bits per heavy atom. The molecular formula is C18H24ClN3O4. The number of rotatable bonds is 5. The summed E-state index contributed by atoms with van der Waals surface area (Å²) in [6, 6.07) is 7.67. The largest absolute Gasteiger partial charge is 0.480 e. The van der Waals surface area contributed by atoms with Crippen molar-refractivity contribution in [1.82, 2.24) is 10.2 Å². The molecule has 8 heteroatoms. The second kappa shape index (κ2) is 9.00. The molecule has 0 spiro atoms. The molecule has 0 aromatic heterocycles. The highest BCUT2D eigenvalue weighted by molar-refractivity contribution is 6.01. The van der Waals surface area contributed by atoms with Crippen LogP contribution in [-0.4, -0.2) is 53.5 Å². The molecule has 26 heavy (non-hydrogen) atoms. The summed E-state index contributed by atoms with van der Waals surface area (Å²) >= 11 is 0. The summed E-state index contributed by atoms with van der Waals surface area (Å²) in [4.78, 5) is 35.7. The SMILES string of the molecule is Cl.O=C(O)CN1CCC(c2ccc(NC3CCC(=O)NC3=O)cc2)CC1. The van der Waals surface area contributed by atoms with E-state index in [1.54, 1.807) is 0 Å². The number of hydrogen-bond acceptors (Lipinski definition) is 5. The normalized spacial score (nSPS) is 21.6. The van der Waals surface area contributed by atoms with Gasteiger partial charge >= 0.3 is 5.97 Å². The minimum Gasteiger partial charge on any atom is -0.480 e. The van der Waals surface area contributed by atoms with Crippen molar-refractivity contribution in [2.75, 3.05) is 25.0 Å². The molecular weight excluding hydrogens is 358 g/mol. The standard InChI is InChI=1S/C18H23N3O4.ClH/c22-16-6-5-15(18(25)20-16)19-14-3-1-12(2-4-14)13-7-9-21(10-8-13)11-17(23)24;/h1-4,13,15,19H,5-11H2,(H,23,24)(H,20,22,25);1H. The number of piperidine rings is 2. The fourth-order valence-corrected chi connectivity index (χ4v) is 3.50. The predicted molar refractivity (Wildman–Crippen MR) is 99.5 cm³/mol. The first kappa shape index (κ1) is 20.2. The number of carbonyl (C=O) groups is 3. The predicted octanol–water partition coefficient (Wildman–Crippen LogP) is 1.59. The van der Waals surface area contributed by atoms with Gasteiger partial charge in [0.15, 0.2) is 0 Å². The fourth-order valence-electron chi connectivity index (χ4n) is 3.50. The quantitative estimate of drug-likeness (QED) is 0.670. The van der Waals surface area contributed by atoms with E-state index in [0.717, 1.165) is 31.6 Å². The third kappa shape index (κ3) is 5.19. The van der Waals surface area contributed by atoms with Crippen molar-refractivity contribution < 1.29 is 19.5 Å². The lowest BCUT2D eigenvalue weighted by Gasteiger charge is -2.31. The van der Waals surface area contributed by atoms with Crippen LogP contribution in [0.4, 0.5) is 5.69 Å². The molecule has 1 unspecified atom stereocenters. The average molecular weight is 382 g/mol. The number of carboxylic acid groups (broad SMARTS) is 1. The number of likely N-dealkylation sites (tertiary alicyclic amines) is 1. The Balaban J connectivity index is 0.00000243. The zero-order chi connectivity index (χ0) is 17.8. The van der Waals surface area contributed by atoms with Gasteiger partial charge in [0.05, 0.1) is 6.54 Å². The molecule has 2 aliphatic rings. The van der Waals surface area contributed by atoms with E-state index in [1.165, 1.54) is 5.56 Å². The maximum atomic E-state index is 11.8. The molecule has 3 rings (SSSR count). The topological polar surface area (TPSA) is 98.7 Å². The van der Waals surface area contributed by atoms with E-state index in [0.29, 0.717) is 18.8 Å². The van der Waals surface area contributed by atoms with E-state index in [-0.39, 0.29) is 36.8 Å². The lowest BCUT2D eigenvalue weighted by atomic mass is 9.89. The van der Waals surface area contributed by atoms with Gasteiger partial charge in [0.2, 0.25) is 11.8 Å². The number of benzene rings is 1. The molecule has 0 saturated carbocycles. The molecule has 0 bridgehead atoms. The lowest BCUT2D eigenvalue weighted by molar-refractivity contribution is -0.138. The van der Waals surface area contributed by atoms with Crippen molar-refractivity contribution in [2.45, 2.75) is 37.6 Å². The van der Waals surface area contributed by atoms with Gasteiger partial charge in [-0.15, -0.1) is 12.4 Å². The van der Waals surface area contributed by atoms with Gasteiger partial charge in [-0.1, -0.05) is 12.1 Å². The van der Waals surface area contributed by atoms with Gasteiger partial charge in [-0.3, -0.25) is 24.6 Å². The van der Waals surface area contributed by atoms with Crippen LogP contribution in [-0.2, 0) is 14.4 Å². The van der Waals surface area contributed by atoms with E-state index < -0.39 is 5.97 Å². The zero-order valence-corrected chi connectivity index (χ0v) is 15.3. The first-order valence-corrected chi connectivity index (χ1v) is 8.65. The Morgan fingerprint density at radius 2 is 1.81 bits per heavy atom. The minimum absolute atomic E-state index is 0. The highest BCUT2D eigenvalue weighted by atomic mass is 35.5. The number of halogens is 1. The number of nitrogens with zero attached hydrogens (tertiary/aromatic N) is 1. The van der Waals surface area contributed by atoms with E-state index >= 15 is 0 Å². The lowest BCUT2D eigenvalue weighted by Crippen LogP contribution is -2.47. The highest BCUT2D eigenvalue weighted by Crippen LogP contribution is 2.29. The van der Waals surface area contributed by atoms with Crippen LogP contribution >= 0.6 is 12.4 Å². The summed E-state index contributed by atoms with van der Waals surface area (Å²) in [5.41, 5.74) is 2.10. The third-order valence-electron chi connectivity index (χ3n) is 4.91. The van der Waals surface area contributed by atoms with Crippen molar-refractivity contribution in [1.29, 1.82) is 0 Å². The summed E-state index contributed by atoms with van der Waals surface area (Å²) in [5.74, 6) is -0.823. The van der Waals surface area contributed by atoms with Gasteiger partial charge in [-0.2, -0.15) is 0 Å². The van der Waals surface area contributed by atoms with Crippen molar-refractivity contribution in [3.05, 3.63) is 29.8 Å². The average Bonchev–Trinajstić information content (AvgIpc) is 2.58. The van der Waals surface area contributed by atoms with Crippen LogP contribution in [0.5, 0.6) is 0 Å². The van der Waals surface area contributed by atoms with Gasteiger partial charge in [-0.05, 0) is 56.0 Å². The molecule has 2 aliphatic heterocycles. The zero-order valence-electron chi connectivity index (χ0n) is 14.4. The molecule has 3 N–H and O–H groups in total. The van der Waals surface area contributed by atoms with Crippen LogP contribution in [0, 0.1) is 0 Å². The molecule has 1 aromatic carbocycles. The first-order chi connectivity index (χ1) is 12.0. The van der Waals surface area contributed by atoms with E-state index in [9.17, 15) is 14.4 Å². The van der Waals surface area contributed by atoms with Crippen LogP contribution in [0.15, 0.2) is 24.3 Å². The van der Waals surface area contributed by atoms with Crippen molar-refractivity contribution >= 4 is 35.9 Å². The molecule has 1 atom stereocenters. The Labute approximate surface area is 158 Å². The molecule has 142 valence electrons. The summed E-state index contributed by atoms with van der Waals surface area (Å²) in [6.07, 6.45) is 2.77. The summed E-state index contributed by atoms with van der Waals surface area (Å²) in [6.45, 7) is 1.71. The van der Waals surface area contributed by atoms with Crippen LogP contribution < -0.4 is 10.6 Å². The number of carbonyl (C=O) groups excluding carboxylic acids is 2. The van der Waals surface area contributed by atoms with Crippen molar-refractivity contribution in [3.8, 4) is 0 Å². The maximum absolute atomic E-state index is 11.8. The molecule has 2 amide bonds. The van der Waals surface area contributed by atoms with Gasteiger partial charge in [0, 0.05) is 12.1 Å². The molecule has 2 saturated heterocycles. The Kier molecular flexibility index (Phi) is 6.99.